The highest BCUT2D eigenvalue weighted by atomic mass is 19.1. The molecule has 0 bridgehead atoms. The van der Waals surface area contributed by atoms with Crippen LogP contribution in [0.25, 0.3) is 0 Å². The van der Waals surface area contributed by atoms with E-state index in [1.54, 1.807) is 18.2 Å². The van der Waals surface area contributed by atoms with E-state index in [0.29, 0.717) is 25.3 Å². The highest BCUT2D eigenvalue weighted by Crippen LogP contribution is 2.09. The van der Waals surface area contributed by atoms with Gasteiger partial charge in [0.05, 0.1) is 25.4 Å². The molecule has 3 nitrogen and oxygen atoms in total. The van der Waals surface area contributed by atoms with Crippen molar-refractivity contribution in [2.24, 2.45) is 0 Å². The monoisotopic (exact) mass is 211 g/mol. The normalized spacial score (nSPS) is 25.7. The van der Waals surface area contributed by atoms with Gasteiger partial charge in [-0.2, -0.15) is 0 Å². The zero-order valence-corrected chi connectivity index (χ0v) is 8.32. The topological polar surface area (TPSA) is 41.5 Å². The smallest absolute Gasteiger partial charge is 0.127 e. The summed E-state index contributed by atoms with van der Waals surface area (Å²) in [6.07, 6.45) is -0.489. The molecule has 1 aromatic carbocycles. The van der Waals surface area contributed by atoms with Crippen LogP contribution in [0.3, 0.4) is 0 Å². The van der Waals surface area contributed by atoms with Crippen LogP contribution < -0.4 is 5.32 Å². The maximum Gasteiger partial charge on any atom is 0.127 e. The van der Waals surface area contributed by atoms with E-state index in [4.69, 9.17) is 4.74 Å². The fourth-order valence-electron chi connectivity index (χ4n) is 1.62. The van der Waals surface area contributed by atoms with Gasteiger partial charge in [0.25, 0.3) is 0 Å². The highest BCUT2D eigenvalue weighted by Gasteiger charge is 2.25. The molecule has 1 aliphatic heterocycles. The van der Waals surface area contributed by atoms with E-state index in [1.807, 2.05) is 0 Å². The molecular formula is C11H14FNO2. The Labute approximate surface area is 87.9 Å². The number of ether oxygens (including phenoxy) is 1. The first-order chi connectivity index (χ1) is 7.27. The van der Waals surface area contributed by atoms with Gasteiger partial charge in [-0.3, -0.25) is 0 Å². The number of rotatable bonds is 3. The van der Waals surface area contributed by atoms with Gasteiger partial charge in [-0.05, 0) is 6.07 Å². The lowest BCUT2D eigenvalue weighted by molar-refractivity contribution is 0.122. The second-order valence-corrected chi connectivity index (χ2v) is 3.68. The van der Waals surface area contributed by atoms with Crippen molar-refractivity contribution < 1.29 is 14.2 Å². The molecule has 0 amide bonds. The minimum absolute atomic E-state index is 0.0930. The van der Waals surface area contributed by atoms with Crippen LogP contribution in [0.5, 0.6) is 0 Å². The third-order valence-corrected chi connectivity index (χ3v) is 2.56. The number of aliphatic hydroxyl groups is 1. The molecule has 1 heterocycles. The van der Waals surface area contributed by atoms with Crippen LogP contribution >= 0.6 is 0 Å². The minimum atomic E-state index is -0.489. The first-order valence-corrected chi connectivity index (χ1v) is 5.00. The van der Waals surface area contributed by atoms with Crippen molar-refractivity contribution >= 4 is 0 Å². The maximum absolute atomic E-state index is 13.2. The lowest BCUT2D eigenvalue weighted by Gasteiger charge is -2.14. The third-order valence-electron chi connectivity index (χ3n) is 2.56. The van der Waals surface area contributed by atoms with Gasteiger partial charge >= 0.3 is 0 Å². The Morgan fingerprint density at radius 1 is 1.40 bits per heavy atom. The van der Waals surface area contributed by atoms with Gasteiger partial charge in [0.2, 0.25) is 0 Å². The molecule has 1 aromatic rings. The van der Waals surface area contributed by atoms with Crippen LogP contribution in [0.4, 0.5) is 4.39 Å². The zero-order chi connectivity index (χ0) is 10.7. The molecule has 0 saturated carbocycles. The van der Waals surface area contributed by atoms with Gasteiger partial charge in [0.1, 0.15) is 5.82 Å². The van der Waals surface area contributed by atoms with E-state index in [9.17, 15) is 9.50 Å². The molecule has 2 atom stereocenters. The number of halogens is 1. The van der Waals surface area contributed by atoms with Crippen molar-refractivity contribution in [3.63, 3.8) is 0 Å². The van der Waals surface area contributed by atoms with Gasteiger partial charge in [-0.1, -0.05) is 18.2 Å². The van der Waals surface area contributed by atoms with E-state index in [2.05, 4.69) is 5.32 Å². The van der Waals surface area contributed by atoms with Gasteiger partial charge in [0, 0.05) is 12.1 Å². The quantitative estimate of drug-likeness (QED) is 0.772. The van der Waals surface area contributed by atoms with E-state index < -0.39 is 6.10 Å². The first-order valence-electron chi connectivity index (χ1n) is 5.00. The summed E-state index contributed by atoms with van der Waals surface area (Å²) in [5, 5.41) is 12.5. The predicted octanol–water partition coefficient (Wildman–Crippen LogP) is 0.675. The van der Waals surface area contributed by atoms with Crippen molar-refractivity contribution in [1.82, 2.24) is 5.32 Å². The summed E-state index contributed by atoms with van der Waals surface area (Å²) < 4.78 is 18.3. The molecule has 0 spiro atoms. The van der Waals surface area contributed by atoms with E-state index in [1.165, 1.54) is 6.07 Å². The molecular weight excluding hydrogens is 197 g/mol. The Bertz CT molecular complexity index is 332. The molecule has 2 N–H and O–H groups in total. The van der Waals surface area contributed by atoms with Crippen LogP contribution in [-0.2, 0) is 11.3 Å². The first kappa shape index (κ1) is 10.5. The highest BCUT2D eigenvalue weighted by molar-refractivity contribution is 5.17. The second-order valence-electron chi connectivity index (χ2n) is 3.68. The van der Waals surface area contributed by atoms with Crippen molar-refractivity contribution in [1.29, 1.82) is 0 Å². The molecule has 4 heteroatoms. The molecule has 15 heavy (non-hydrogen) atoms. The molecule has 2 rings (SSSR count). The summed E-state index contributed by atoms with van der Waals surface area (Å²) >= 11 is 0. The SMILES string of the molecule is OC1COCC1NCc1ccccc1F. The lowest BCUT2D eigenvalue weighted by atomic mass is 10.1. The van der Waals surface area contributed by atoms with Crippen LogP contribution in [0.1, 0.15) is 5.56 Å². The van der Waals surface area contributed by atoms with Crippen molar-refractivity contribution in [2.75, 3.05) is 13.2 Å². The number of hydrogen-bond donors (Lipinski definition) is 2. The number of nitrogens with one attached hydrogen (secondary N) is 1. The van der Waals surface area contributed by atoms with Crippen molar-refractivity contribution in [3.05, 3.63) is 35.6 Å². The molecule has 1 aliphatic rings. The Morgan fingerprint density at radius 2 is 2.20 bits per heavy atom. The minimum Gasteiger partial charge on any atom is -0.389 e. The molecule has 0 aliphatic carbocycles. The van der Waals surface area contributed by atoms with Gasteiger partial charge in [-0.25, -0.2) is 4.39 Å². The summed E-state index contributed by atoms with van der Waals surface area (Å²) in [7, 11) is 0. The molecule has 0 aromatic heterocycles. The summed E-state index contributed by atoms with van der Waals surface area (Å²) in [5.74, 6) is -0.224. The van der Waals surface area contributed by atoms with E-state index in [-0.39, 0.29) is 11.9 Å². The number of benzene rings is 1. The summed E-state index contributed by atoms with van der Waals surface area (Å²) in [4.78, 5) is 0. The zero-order valence-electron chi connectivity index (χ0n) is 8.32. The number of aliphatic hydroxyl groups excluding tert-OH is 1. The van der Waals surface area contributed by atoms with Gasteiger partial charge in [-0.15, -0.1) is 0 Å². The fraction of sp³-hybridized carbons (Fsp3) is 0.455. The Kier molecular flexibility index (Phi) is 3.30. The van der Waals surface area contributed by atoms with Gasteiger partial charge < -0.3 is 15.2 Å². The molecule has 1 fully saturated rings. The standard InChI is InChI=1S/C11H14FNO2/c12-9-4-2-1-3-8(9)5-13-10-6-15-7-11(10)14/h1-4,10-11,13-14H,5-7H2. The summed E-state index contributed by atoms with van der Waals surface area (Å²) in [5.41, 5.74) is 0.608. The Morgan fingerprint density at radius 3 is 2.87 bits per heavy atom. The van der Waals surface area contributed by atoms with Crippen molar-refractivity contribution in [2.45, 2.75) is 18.7 Å². The molecule has 82 valence electrons. The van der Waals surface area contributed by atoms with Crippen LogP contribution in [0, 0.1) is 5.82 Å². The van der Waals surface area contributed by atoms with Gasteiger partial charge in [0.15, 0.2) is 0 Å². The van der Waals surface area contributed by atoms with E-state index >= 15 is 0 Å². The largest absolute Gasteiger partial charge is 0.389 e. The molecule has 0 radical (unpaired) electrons. The number of hydrogen-bond acceptors (Lipinski definition) is 3. The maximum atomic E-state index is 13.2. The van der Waals surface area contributed by atoms with E-state index in [0.717, 1.165) is 0 Å². The molecule has 2 unspecified atom stereocenters. The average Bonchev–Trinajstić information content (AvgIpc) is 2.63. The van der Waals surface area contributed by atoms with Crippen LogP contribution in [0.2, 0.25) is 0 Å². The lowest BCUT2D eigenvalue weighted by Crippen LogP contribution is -2.38. The predicted molar refractivity (Wildman–Crippen MR) is 53.9 cm³/mol. The molecule has 1 saturated heterocycles. The fourth-order valence-corrected chi connectivity index (χ4v) is 1.62. The third kappa shape index (κ3) is 2.53. The van der Waals surface area contributed by atoms with Crippen LogP contribution in [0.15, 0.2) is 24.3 Å². The Balaban J connectivity index is 1.90. The van der Waals surface area contributed by atoms with Crippen molar-refractivity contribution in [3.8, 4) is 0 Å². The summed E-state index contributed by atoms with van der Waals surface area (Å²) in [6.45, 7) is 1.25. The van der Waals surface area contributed by atoms with Crippen LogP contribution in [-0.4, -0.2) is 30.5 Å². The second kappa shape index (κ2) is 4.70. The average molecular weight is 211 g/mol. The Hall–Kier alpha value is -0.970. The summed E-state index contributed by atoms with van der Waals surface area (Å²) in [6, 6.07) is 6.52.